The van der Waals surface area contributed by atoms with Gasteiger partial charge in [-0.1, -0.05) is 24.3 Å². The fourth-order valence-corrected chi connectivity index (χ4v) is 1.06. The van der Waals surface area contributed by atoms with Crippen molar-refractivity contribution in [3.05, 3.63) is 42.0 Å². The molecule has 0 aliphatic rings. The SMILES string of the molecule is CC=CCOCc1ccc(OC)cc1. The third-order valence-corrected chi connectivity index (χ3v) is 1.88. The monoisotopic (exact) mass is 192 g/mol. The molecule has 0 aromatic heterocycles. The maximum atomic E-state index is 5.41. The third-order valence-electron chi connectivity index (χ3n) is 1.88. The molecule has 2 nitrogen and oxygen atoms in total. The summed E-state index contributed by atoms with van der Waals surface area (Å²) in [6, 6.07) is 7.89. The molecule has 0 spiro atoms. The van der Waals surface area contributed by atoms with Crippen LogP contribution >= 0.6 is 0 Å². The standard InChI is InChI=1S/C12H16O2/c1-3-4-9-14-10-11-5-7-12(13-2)8-6-11/h3-8H,9-10H2,1-2H3. The normalized spacial score (nSPS) is 10.7. The van der Waals surface area contributed by atoms with Crippen LogP contribution in [0, 0.1) is 0 Å². The summed E-state index contributed by atoms with van der Waals surface area (Å²) in [5.74, 6) is 0.877. The van der Waals surface area contributed by atoms with E-state index >= 15 is 0 Å². The van der Waals surface area contributed by atoms with Crippen LogP contribution < -0.4 is 4.74 Å². The maximum Gasteiger partial charge on any atom is 0.118 e. The second-order valence-electron chi connectivity index (χ2n) is 2.93. The molecule has 0 bridgehead atoms. The molecule has 0 unspecified atom stereocenters. The van der Waals surface area contributed by atoms with Gasteiger partial charge in [0.15, 0.2) is 0 Å². The molecule has 0 aliphatic carbocycles. The van der Waals surface area contributed by atoms with Crippen LogP contribution in [0.15, 0.2) is 36.4 Å². The zero-order chi connectivity index (χ0) is 10.2. The van der Waals surface area contributed by atoms with Gasteiger partial charge in [0.25, 0.3) is 0 Å². The first-order chi connectivity index (χ1) is 6.86. The topological polar surface area (TPSA) is 18.5 Å². The van der Waals surface area contributed by atoms with E-state index in [2.05, 4.69) is 0 Å². The Kier molecular flexibility index (Phi) is 4.79. The fourth-order valence-electron chi connectivity index (χ4n) is 1.06. The van der Waals surface area contributed by atoms with Gasteiger partial charge in [0.1, 0.15) is 5.75 Å². The summed E-state index contributed by atoms with van der Waals surface area (Å²) in [7, 11) is 1.66. The Morgan fingerprint density at radius 2 is 1.93 bits per heavy atom. The van der Waals surface area contributed by atoms with E-state index in [1.165, 1.54) is 0 Å². The second-order valence-corrected chi connectivity index (χ2v) is 2.93. The van der Waals surface area contributed by atoms with Crippen molar-refractivity contribution in [2.24, 2.45) is 0 Å². The molecule has 0 saturated carbocycles. The first kappa shape index (κ1) is 10.8. The van der Waals surface area contributed by atoms with Crippen molar-refractivity contribution in [2.45, 2.75) is 13.5 Å². The summed E-state index contributed by atoms with van der Waals surface area (Å²) in [6.07, 6.45) is 3.97. The highest BCUT2D eigenvalue weighted by molar-refractivity contribution is 5.26. The number of ether oxygens (including phenoxy) is 2. The first-order valence-electron chi connectivity index (χ1n) is 4.68. The van der Waals surface area contributed by atoms with Gasteiger partial charge in [-0.2, -0.15) is 0 Å². The molecule has 1 aromatic carbocycles. The maximum absolute atomic E-state index is 5.41. The summed E-state index contributed by atoms with van der Waals surface area (Å²) in [5, 5.41) is 0. The number of allylic oxidation sites excluding steroid dienone is 1. The Labute approximate surface area is 85.2 Å². The van der Waals surface area contributed by atoms with E-state index in [9.17, 15) is 0 Å². The molecule has 1 aromatic rings. The average molecular weight is 192 g/mol. The largest absolute Gasteiger partial charge is 0.497 e. The van der Waals surface area contributed by atoms with Crippen molar-refractivity contribution in [3.63, 3.8) is 0 Å². The van der Waals surface area contributed by atoms with E-state index in [-0.39, 0.29) is 0 Å². The van der Waals surface area contributed by atoms with Crippen molar-refractivity contribution < 1.29 is 9.47 Å². The van der Waals surface area contributed by atoms with Crippen molar-refractivity contribution in [3.8, 4) is 5.75 Å². The first-order valence-corrected chi connectivity index (χ1v) is 4.68. The summed E-state index contributed by atoms with van der Waals surface area (Å²) >= 11 is 0. The molecular formula is C12H16O2. The lowest BCUT2D eigenvalue weighted by Crippen LogP contribution is -1.92. The number of rotatable bonds is 5. The molecule has 2 heteroatoms. The van der Waals surface area contributed by atoms with E-state index in [0.717, 1.165) is 11.3 Å². The Balaban J connectivity index is 2.36. The molecule has 1 rings (SSSR count). The third kappa shape index (κ3) is 3.62. The second kappa shape index (κ2) is 6.22. The van der Waals surface area contributed by atoms with Gasteiger partial charge in [-0.3, -0.25) is 0 Å². The molecule has 76 valence electrons. The van der Waals surface area contributed by atoms with E-state index in [1.54, 1.807) is 7.11 Å². The Morgan fingerprint density at radius 3 is 2.50 bits per heavy atom. The van der Waals surface area contributed by atoms with Gasteiger partial charge in [-0.05, 0) is 24.6 Å². The summed E-state index contributed by atoms with van der Waals surface area (Å²) in [4.78, 5) is 0. The molecule has 0 radical (unpaired) electrons. The van der Waals surface area contributed by atoms with Gasteiger partial charge in [0, 0.05) is 0 Å². The van der Waals surface area contributed by atoms with Gasteiger partial charge in [-0.25, -0.2) is 0 Å². The molecule has 0 N–H and O–H groups in total. The van der Waals surface area contributed by atoms with Gasteiger partial charge < -0.3 is 9.47 Å². The fraction of sp³-hybridized carbons (Fsp3) is 0.333. The Bertz CT molecular complexity index is 275. The lowest BCUT2D eigenvalue weighted by atomic mass is 10.2. The quantitative estimate of drug-likeness (QED) is 0.527. The van der Waals surface area contributed by atoms with Crippen LogP contribution in [-0.4, -0.2) is 13.7 Å². The highest BCUT2D eigenvalue weighted by Gasteiger charge is 1.93. The van der Waals surface area contributed by atoms with E-state index in [4.69, 9.17) is 9.47 Å². The molecular weight excluding hydrogens is 176 g/mol. The summed E-state index contributed by atoms with van der Waals surface area (Å²) in [6.45, 7) is 3.30. The highest BCUT2D eigenvalue weighted by atomic mass is 16.5. The van der Waals surface area contributed by atoms with Gasteiger partial charge >= 0.3 is 0 Å². The van der Waals surface area contributed by atoms with E-state index in [1.807, 2.05) is 43.3 Å². The van der Waals surface area contributed by atoms with Crippen LogP contribution in [0.5, 0.6) is 5.75 Å². The molecule has 14 heavy (non-hydrogen) atoms. The lowest BCUT2D eigenvalue weighted by Gasteiger charge is -2.03. The van der Waals surface area contributed by atoms with Crippen LogP contribution in [0.25, 0.3) is 0 Å². The van der Waals surface area contributed by atoms with Crippen LogP contribution in [0.2, 0.25) is 0 Å². The van der Waals surface area contributed by atoms with Gasteiger partial charge in [-0.15, -0.1) is 0 Å². The van der Waals surface area contributed by atoms with E-state index < -0.39 is 0 Å². The molecule has 0 fully saturated rings. The molecule has 0 atom stereocenters. The minimum atomic E-state index is 0.647. The average Bonchev–Trinajstić information content (AvgIpc) is 2.25. The summed E-state index contributed by atoms with van der Waals surface area (Å²) in [5.41, 5.74) is 1.16. The van der Waals surface area contributed by atoms with Gasteiger partial charge in [0.2, 0.25) is 0 Å². The van der Waals surface area contributed by atoms with Gasteiger partial charge in [0.05, 0.1) is 20.3 Å². The minimum absolute atomic E-state index is 0.647. The van der Waals surface area contributed by atoms with Crippen LogP contribution in [0.4, 0.5) is 0 Å². The smallest absolute Gasteiger partial charge is 0.118 e. The zero-order valence-electron chi connectivity index (χ0n) is 8.69. The van der Waals surface area contributed by atoms with Crippen LogP contribution in [0.1, 0.15) is 12.5 Å². The van der Waals surface area contributed by atoms with Crippen molar-refractivity contribution >= 4 is 0 Å². The minimum Gasteiger partial charge on any atom is -0.497 e. The van der Waals surface area contributed by atoms with E-state index in [0.29, 0.717) is 13.2 Å². The van der Waals surface area contributed by atoms with Crippen molar-refractivity contribution in [2.75, 3.05) is 13.7 Å². The lowest BCUT2D eigenvalue weighted by molar-refractivity contribution is 0.148. The number of hydrogen-bond acceptors (Lipinski definition) is 2. The Hall–Kier alpha value is -1.28. The number of hydrogen-bond donors (Lipinski definition) is 0. The molecule has 0 amide bonds. The highest BCUT2D eigenvalue weighted by Crippen LogP contribution is 2.11. The molecule has 0 saturated heterocycles. The zero-order valence-corrected chi connectivity index (χ0v) is 8.69. The number of methoxy groups -OCH3 is 1. The number of benzene rings is 1. The molecule has 0 heterocycles. The predicted octanol–water partition coefficient (Wildman–Crippen LogP) is 2.79. The Morgan fingerprint density at radius 1 is 1.21 bits per heavy atom. The predicted molar refractivity (Wildman–Crippen MR) is 57.5 cm³/mol. The van der Waals surface area contributed by atoms with Crippen LogP contribution in [-0.2, 0) is 11.3 Å². The summed E-state index contributed by atoms with van der Waals surface area (Å²) < 4.78 is 10.5. The van der Waals surface area contributed by atoms with Crippen molar-refractivity contribution in [1.82, 2.24) is 0 Å². The van der Waals surface area contributed by atoms with Crippen molar-refractivity contribution in [1.29, 1.82) is 0 Å². The molecule has 0 aliphatic heterocycles. The van der Waals surface area contributed by atoms with Crippen LogP contribution in [0.3, 0.4) is 0 Å².